The van der Waals surface area contributed by atoms with E-state index in [1.54, 1.807) is 18.6 Å². The summed E-state index contributed by atoms with van der Waals surface area (Å²) in [6.45, 7) is 0.176. The van der Waals surface area contributed by atoms with Crippen molar-refractivity contribution in [3.63, 3.8) is 0 Å². The van der Waals surface area contributed by atoms with E-state index >= 15 is 0 Å². The van der Waals surface area contributed by atoms with Gasteiger partial charge in [-0.3, -0.25) is 4.79 Å². The van der Waals surface area contributed by atoms with Crippen LogP contribution in [0.4, 0.5) is 18.9 Å². The van der Waals surface area contributed by atoms with Crippen molar-refractivity contribution in [1.29, 1.82) is 0 Å². The summed E-state index contributed by atoms with van der Waals surface area (Å²) in [7, 11) is 1.54. The number of carbonyl (C=O) groups is 1. The Morgan fingerprint density at radius 2 is 2.14 bits per heavy atom. The molecule has 8 heteroatoms. The molecule has 0 aliphatic carbocycles. The maximum absolute atomic E-state index is 12.7. The molecule has 4 nitrogen and oxygen atoms in total. The second-order valence-corrected chi connectivity index (χ2v) is 5.10. The Bertz CT molecular complexity index is 626. The molecule has 0 fully saturated rings. The lowest BCUT2D eigenvalue weighted by Crippen LogP contribution is -2.24. The highest BCUT2D eigenvalue weighted by atomic mass is 32.1. The number of benzene rings is 1. The largest absolute Gasteiger partial charge is 0.416 e. The minimum atomic E-state index is -4.49. The predicted molar refractivity (Wildman–Crippen MR) is 74.3 cm³/mol. The van der Waals surface area contributed by atoms with Crippen molar-refractivity contribution in [2.45, 2.75) is 12.7 Å². The van der Waals surface area contributed by atoms with Crippen LogP contribution in [-0.4, -0.2) is 17.9 Å². The van der Waals surface area contributed by atoms with Crippen LogP contribution in [0.3, 0.4) is 0 Å². The molecule has 1 amide bonds. The number of rotatable bonds is 4. The fourth-order valence-corrected chi connectivity index (χ4v) is 2.27. The van der Waals surface area contributed by atoms with Gasteiger partial charge in [0.15, 0.2) is 0 Å². The number of thiazole rings is 1. The second-order valence-electron chi connectivity index (χ2n) is 4.12. The van der Waals surface area contributed by atoms with Gasteiger partial charge in [0.1, 0.15) is 5.01 Å². The third kappa shape index (κ3) is 3.72. The molecule has 0 aliphatic rings. The van der Waals surface area contributed by atoms with Crippen molar-refractivity contribution in [2.24, 2.45) is 0 Å². The number of anilines is 1. The summed E-state index contributed by atoms with van der Waals surface area (Å²) in [6, 6.07) is 3.01. The fraction of sp³-hybridized carbons (Fsp3) is 0.231. The van der Waals surface area contributed by atoms with E-state index < -0.39 is 17.6 Å². The fourth-order valence-electron chi connectivity index (χ4n) is 1.72. The molecule has 21 heavy (non-hydrogen) atoms. The average molecular weight is 315 g/mol. The van der Waals surface area contributed by atoms with Crippen LogP contribution >= 0.6 is 11.3 Å². The van der Waals surface area contributed by atoms with Crippen molar-refractivity contribution in [3.8, 4) is 0 Å². The number of hydrogen-bond donors (Lipinski definition) is 2. The number of carbonyl (C=O) groups excluding carboxylic acids is 1. The number of halogens is 3. The van der Waals surface area contributed by atoms with Crippen LogP contribution in [0.5, 0.6) is 0 Å². The maximum atomic E-state index is 12.7. The lowest BCUT2D eigenvalue weighted by atomic mass is 10.1. The molecular weight excluding hydrogens is 303 g/mol. The Morgan fingerprint density at radius 3 is 2.71 bits per heavy atom. The van der Waals surface area contributed by atoms with E-state index in [1.165, 1.54) is 17.4 Å². The summed E-state index contributed by atoms with van der Waals surface area (Å²) in [5.74, 6) is -0.583. The first-order valence-electron chi connectivity index (χ1n) is 5.97. The van der Waals surface area contributed by atoms with Crippen molar-refractivity contribution >= 4 is 22.9 Å². The van der Waals surface area contributed by atoms with Gasteiger partial charge in [0.25, 0.3) is 5.91 Å². The predicted octanol–water partition coefficient (Wildman–Crippen LogP) is 3.13. The van der Waals surface area contributed by atoms with Crippen molar-refractivity contribution in [1.82, 2.24) is 10.3 Å². The zero-order chi connectivity index (χ0) is 15.5. The van der Waals surface area contributed by atoms with Crippen LogP contribution in [0.25, 0.3) is 0 Å². The minimum absolute atomic E-state index is 0.0520. The zero-order valence-corrected chi connectivity index (χ0v) is 11.8. The normalized spacial score (nSPS) is 11.2. The van der Waals surface area contributed by atoms with Gasteiger partial charge < -0.3 is 10.6 Å². The Labute approximate surface area is 123 Å². The molecule has 0 saturated heterocycles. The number of hydrogen-bond acceptors (Lipinski definition) is 4. The number of nitrogens with one attached hydrogen (secondary N) is 2. The SMILES string of the molecule is CNc1ccc(C(F)(F)F)cc1C(=O)NCc1nccs1. The summed E-state index contributed by atoms with van der Waals surface area (Å²) in [4.78, 5) is 16.0. The monoisotopic (exact) mass is 315 g/mol. The standard InChI is InChI=1S/C13H12F3N3OS/c1-17-10-3-2-8(13(14,15)16)6-9(10)12(20)19-7-11-18-4-5-21-11/h2-6,17H,7H2,1H3,(H,19,20). The highest BCUT2D eigenvalue weighted by molar-refractivity contribution is 7.09. The van der Waals surface area contributed by atoms with Gasteiger partial charge >= 0.3 is 6.18 Å². The molecule has 1 aromatic carbocycles. The van der Waals surface area contributed by atoms with Crippen LogP contribution in [0.15, 0.2) is 29.8 Å². The van der Waals surface area contributed by atoms with E-state index in [4.69, 9.17) is 0 Å². The van der Waals surface area contributed by atoms with E-state index in [0.717, 1.165) is 12.1 Å². The van der Waals surface area contributed by atoms with Crippen LogP contribution in [0.2, 0.25) is 0 Å². The molecule has 0 atom stereocenters. The van der Waals surface area contributed by atoms with Gasteiger partial charge in [-0.15, -0.1) is 11.3 Å². The first-order valence-corrected chi connectivity index (χ1v) is 6.85. The summed E-state index contributed by atoms with van der Waals surface area (Å²) in [6.07, 6.45) is -2.90. The Morgan fingerprint density at radius 1 is 1.38 bits per heavy atom. The number of nitrogens with zero attached hydrogens (tertiary/aromatic N) is 1. The Kier molecular flexibility index (Phi) is 4.46. The molecule has 0 radical (unpaired) electrons. The van der Waals surface area contributed by atoms with E-state index in [1.807, 2.05) is 0 Å². The zero-order valence-electron chi connectivity index (χ0n) is 11.0. The topological polar surface area (TPSA) is 54.0 Å². The van der Waals surface area contributed by atoms with Crippen molar-refractivity contribution in [3.05, 3.63) is 45.9 Å². The molecule has 0 aliphatic heterocycles. The molecule has 0 unspecified atom stereocenters. The van der Waals surface area contributed by atoms with Gasteiger partial charge in [-0.05, 0) is 18.2 Å². The first-order chi connectivity index (χ1) is 9.91. The van der Waals surface area contributed by atoms with Crippen LogP contribution in [0, 0.1) is 0 Å². The van der Waals surface area contributed by atoms with E-state index in [2.05, 4.69) is 15.6 Å². The molecule has 0 spiro atoms. The summed E-state index contributed by atoms with van der Waals surface area (Å²) in [5, 5.41) is 7.70. The maximum Gasteiger partial charge on any atom is 0.416 e. The van der Waals surface area contributed by atoms with Crippen LogP contribution < -0.4 is 10.6 Å². The number of aromatic nitrogens is 1. The number of alkyl halides is 3. The summed E-state index contributed by atoms with van der Waals surface area (Å²) in [5.41, 5.74) is -0.579. The van der Waals surface area contributed by atoms with Crippen molar-refractivity contribution < 1.29 is 18.0 Å². The van der Waals surface area contributed by atoms with E-state index in [-0.39, 0.29) is 12.1 Å². The van der Waals surface area contributed by atoms with Gasteiger partial charge in [-0.2, -0.15) is 13.2 Å². The Balaban J connectivity index is 2.21. The lowest BCUT2D eigenvalue weighted by Gasteiger charge is -2.13. The highest BCUT2D eigenvalue weighted by Gasteiger charge is 2.31. The van der Waals surface area contributed by atoms with Gasteiger partial charge in [-0.1, -0.05) is 0 Å². The molecular formula is C13H12F3N3OS. The molecule has 2 aromatic rings. The first kappa shape index (κ1) is 15.3. The molecule has 1 heterocycles. The molecule has 2 N–H and O–H groups in total. The summed E-state index contributed by atoms with van der Waals surface area (Å²) >= 11 is 1.36. The lowest BCUT2D eigenvalue weighted by molar-refractivity contribution is -0.137. The van der Waals surface area contributed by atoms with E-state index in [9.17, 15) is 18.0 Å². The molecule has 0 bridgehead atoms. The van der Waals surface area contributed by atoms with Gasteiger partial charge in [0.05, 0.1) is 17.7 Å². The second kappa shape index (κ2) is 6.13. The number of amides is 1. The van der Waals surface area contributed by atoms with Gasteiger partial charge in [-0.25, -0.2) is 4.98 Å². The van der Waals surface area contributed by atoms with Crippen LogP contribution in [0.1, 0.15) is 20.9 Å². The molecule has 1 aromatic heterocycles. The quantitative estimate of drug-likeness (QED) is 0.911. The van der Waals surface area contributed by atoms with Gasteiger partial charge in [0.2, 0.25) is 0 Å². The van der Waals surface area contributed by atoms with Gasteiger partial charge in [0, 0.05) is 24.3 Å². The minimum Gasteiger partial charge on any atom is -0.387 e. The molecule has 0 saturated carbocycles. The molecule has 2 rings (SSSR count). The third-order valence-corrected chi connectivity index (χ3v) is 3.52. The van der Waals surface area contributed by atoms with E-state index in [0.29, 0.717) is 10.7 Å². The smallest absolute Gasteiger partial charge is 0.387 e. The Hall–Kier alpha value is -2.09. The highest BCUT2D eigenvalue weighted by Crippen LogP contribution is 2.31. The summed E-state index contributed by atoms with van der Waals surface area (Å²) < 4.78 is 38.1. The average Bonchev–Trinajstić information content (AvgIpc) is 2.96. The van der Waals surface area contributed by atoms with Crippen molar-refractivity contribution in [2.75, 3.05) is 12.4 Å². The van der Waals surface area contributed by atoms with Crippen LogP contribution in [-0.2, 0) is 12.7 Å². The molecule has 112 valence electrons. The third-order valence-electron chi connectivity index (χ3n) is 2.74.